The summed E-state index contributed by atoms with van der Waals surface area (Å²) in [7, 11) is 0. The second-order valence-electron chi connectivity index (χ2n) is 6.02. The first kappa shape index (κ1) is 21.0. The molecule has 1 heterocycles. The van der Waals surface area contributed by atoms with Crippen molar-refractivity contribution in [3.63, 3.8) is 0 Å². The van der Waals surface area contributed by atoms with Gasteiger partial charge in [0.2, 0.25) is 0 Å². The average Bonchev–Trinajstić information content (AvgIpc) is 2.72. The number of anilines is 1. The van der Waals surface area contributed by atoms with E-state index in [1.54, 1.807) is 25.1 Å². The van der Waals surface area contributed by atoms with Crippen molar-refractivity contribution in [1.82, 2.24) is 5.32 Å². The van der Waals surface area contributed by atoms with E-state index in [-0.39, 0.29) is 17.3 Å². The molecule has 0 saturated carbocycles. The summed E-state index contributed by atoms with van der Waals surface area (Å²) in [6.45, 7) is 2.00. The van der Waals surface area contributed by atoms with E-state index in [1.807, 2.05) is 6.07 Å². The molecule has 30 heavy (non-hydrogen) atoms. The number of ether oxygens (including phenoxy) is 2. The Morgan fingerprint density at radius 2 is 1.90 bits per heavy atom. The van der Waals surface area contributed by atoms with Crippen molar-refractivity contribution in [2.75, 3.05) is 18.1 Å². The van der Waals surface area contributed by atoms with E-state index in [0.717, 1.165) is 4.90 Å². The number of amides is 2. The van der Waals surface area contributed by atoms with Crippen LogP contribution in [0.1, 0.15) is 12.5 Å². The first-order valence-electron chi connectivity index (χ1n) is 8.88. The molecule has 2 amide bonds. The van der Waals surface area contributed by atoms with Crippen LogP contribution in [-0.4, -0.2) is 30.1 Å². The molecule has 1 saturated heterocycles. The number of rotatable bonds is 6. The molecule has 7 nitrogen and oxygen atoms in total. The molecule has 9 heteroatoms. The highest BCUT2D eigenvalue weighted by Gasteiger charge is 2.34. The number of halogens is 1. The minimum absolute atomic E-state index is 0.0935. The molecule has 0 aliphatic carbocycles. The summed E-state index contributed by atoms with van der Waals surface area (Å²) in [6.07, 6.45) is 1.40. The summed E-state index contributed by atoms with van der Waals surface area (Å²) in [5.41, 5.74) is 0.682. The van der Waals surface area contributed by atoms with Gasteiger partial charge in [-0.25, -0.2) is 4.39 Å². The second kappa shape index (κ2) is 9.15. The van der Waals surface area contributed by atoms with Crippen LogP contribution >= 0.6 is 12.2 Å². The molecule has 0 spiro atoms. The smallest absolute Gasteiger partial charge is 0.270 e. The molecule has 2 aromatic carbocycles. The number of nitrogens with one attached hydrogen (secondary N) is 1. The summed E-state index contributed by atoms with van der Waals surface area (Å²) in [5.74, 6) is -1.01. The van der Waals surface area contributed by atoms with Crippen molar-refractivity contribution in [1.29, 1.82) is 5.26 Å². The van der Waals surface area contributed by atoms with Crippen LogP contribution in [0.3, 0.4) is 0 Å². The summed E-state index contributed by atoms with van der Waals surface area (Å²) in [6, 6.07) is 11.9. The zero-order chi connectivity index (χ0) is 21.7. The molecule has 0 aromatic heterocycles. The van der Waals surface area contributed by atoms with E-state index in [0.29, 0.717) is 29.4 Å². The third-order valence-electron chi connectivity index (χ3n) is 4.06. The van der Waals surface area contributed by atoms with Crippen molar-refractivity contribution in [2.24, 2.45) is 0 Å². The van der Waals surface area contributed by atoms with Crippen LogP contribution in [0.25, 0.3) is 6.08 Å². The van der Waals surface area contributed by atoms with Gasteiger partial charge in [0.05, 0.1) is 12.3 Å². The molecule has 2 aromatic rings. The van der Waals surface area contributed by atoms with Gasteiger partial charge in [-0.3, -0.25) is 19.8 Å². The first-order chi connectivity index (χ1) is 14.4. The van der Waals surface area contributed by atoms with Crippen molar-refractivity contribution in [3.8, 4) is 17.6 Å². The molecule has 0 radical (unpaired) electrons. The molecular formula is C21H16FN3O4S. The quantitative estimate of drug-likeness (QED) is 0.435. The molecule has 1 fully saturated rings. The highest BCUT2D eigenvalue weighted by molar-refractivity contribution is 7.80. The lowest BCUT2D eigenvalue weighted by Gasteiger charge is -2.28. The zero-order valence-electron chi connectivity index (χ0n) is 15.8. The summed E-state index contributed by atoms with van der Waals surface area (Å²) in [5, 5.41) is 11.1. The van der Waals surface area contributed by atoms with Gasteiger partial charge in [-0.05, 0) is 67.2 Å². The number of thiocarbonyl (C=S) groups is 1. The van der Waals surface area contributed by atoms with Crippen molar-refractivity contribution in [2.45, 2.75) is 6.92 Å². The third kappa shape index (κ3) is 4.45. The maximum Gasteiger partial charge on any atom is 0.270 e. The first-order valence-corrected chi connectivity index (χ1v) is 9.29. The Balaban J connectivity index is 1.96. The van der Waals surface area contributed by atoms with E-state index in [9.17, 15) is 14.0 Å². The molecular weight excluding hydrogens is 409 g/mol. The van der Waals surface area contributed by atoms with Crippen LogP contribution in [0.4, 0.5) is 10.1 Å². The third-order valence-corrected chi connectivity index (χ3v) is 4.34. The number of benzene rings is 2. The zero-order valence-corrected chi connectivity index (χ0v) is 16.7. The number of hydrogen-bond donors (Lipinski definition) is 1. The number of nitriles is 1. The Morgan fingerprint density at radius 3 is 2.57 bits per heavy atom. The van der Waals surface area contributed by atoms with Crippen LogP contribution in [-0.2, 0) is 9.59 Å². The molecule has 1 aliphatic rings. The minimum Gasteiger partial charge on any atom is -0.490 e. The molecule has 0 unspecified atom stereocenters. The maximum absolute atomic E-state index is 13.2. The Labute approximate surface area is 177 Å². The van der Waals surface area contributed by atoms with Gasteiger partial charge < -0.3 is 9.47 Å². The van der Waals surface area contributed by atoms with Crippen molar-refractivity contribution >= 4 is 40.9 Å². The van der Waals surface area contributed by atoms with Crippen LogP contribution in [0.5, 0.6) is 11.5 Å². The van der Waals surface area contributed by atoms with Gasteiger partial charge >= 0.3 is 0 Å². The summed E-state index contributed by atoms with van der Waals surface area (Å²) >= 11 is 5.12. The highest BCUT2D eigenvalue weighted by Crippen LogP contribution is 2.30. The van der Waals surface area contributed by atoms with E-state index < -0.39 is 17.6 Å². The standard InChI is InChI=1S/C21H16FN3O4S/c1-2-28-18-12-13(3-8-17(18)29-10-9-23)11-16-19(26)24-21(30)25(20(16)27)15-6-4-14(22)5-7-15/h3-8,11-12H,2,10H2,1H3,(H,24,26,30). The van der Waals surface area contributed by atoms with Crippen LogP contribution in [0.15, 0.2) is 48.0 Å². The van der Waals surface area contributed by atoms with Gasteiger partial charge in [0.25, 0.3) is 11.8 Å². The molecule has 3 rings (SSSR count). The van der Waals surface area contributed by atoms with E-state index in [4.69, 9.17) is 27.0 Å². The van der Waals surface area contributed by atoms with Crippen molar-refractivity contribution < 1.29 is 23.5 Å². The SMILES string of the molecule is CCOc1cc(C=C2C(=O)NC(=S)N(c3ccc(F)cc3)C2=O)ccc1OCC#N. The Kier molecular flexibility index (Phi) is 6.39. The molecule has 152 valence electrons. The molecule has 0 bridgehead atoms. The summed E-state index contributed by atoms with van der Waals surface area (Å²) in [4.78, 5) is 26.5. The molecule has 1 N–H and O–H groups in total. The van der Waals surface area contributed by atoms with Crippen LogP contribution < -0.4 is 19.7 Å². The van der Waals surface area contributed by atoms with E-state index >= 15 is 0 Å². The topological polar surface area (TPSA) is 91.7 Å². The van der Waals surface area contributed by atoms with Gasteiger partial charge in [-0.1, -0.05) is 6.07 Å². The lowest BCUT2D eigenvalue weighted by atomic mass is 10.1. The number of nitrogens with zero attached hydrogens (tertiary/aromatic N) is 2. The second-order valence-corrected chi connectivity index (χ2v) is 6.41. The predicted octanol–water partition coefficient (Wildman–Crippen LogP) is 2.96. The lowest BCUT2D eigenvalue weighted by molar-refractivity contribution is -0.122. The van der Waals surface area contributed by atoms with E-state index in [2.05, 4.69) is 5.32 Å². The molecule has 0 atom stereocenters. The average molecular weight is 425 g/mol. The summed E-state index contributed by atoms with van der Waals surface area (Å²) < 4.78 is 24.1. The van der Waals surface area contributed by atoms with Gasteiger partial charge in [0.15, 0.2) is 23.2 Å². The normalized spacial score (nSPS) is 15.0. The highest BCUT2D eigenvalue weighted by atomic mass is 32.1. The monoisotopic (exact) mass is 425 g/mol. The predicted molar refractivity (Wildman–Crippen MR) is 111 cm³/mol. The fourth-order valence-electron chi connectivity index (χ4n) is 2.76. The van der Waals surface area contributed by atoms with Gasteiger partial charge in [0, 0.05) is 0 Å². The number of carbonyl (C=O) groups is 2. The fourth-order valence-corrected chi connectivity index (χ4v) is 3.04. The Bertz CT molecular complexity index is 1080. The maximum atomic E-state index is 13.2. The van der Waals surface area contributed by atoms with Crippen LogP contribution in [0, 0.1) is 17.1 Å². The number of carbonyl (C=O) groups excluding carboxylic acids is 2. The van der Waals surface area contributed by atoms with E-state index in [1.165, 1.54) is 30.3 Å². The van der Waals surface area contributed by atoms with Crippen molar-refractivity contribution in [3.05, 3.63) is 59.4 Å². The van der Waals surface area contributed by atoms with Gasteiger partial charge in [0.1, 0.15) is 17.5 Å². The number of hydrogen-bond acceptors (Lipinski definition) is 6. The van der Waals surface area contributed by atoms with Crippen LogP contribution in [0.2, 0.25) is 0 Å². The van der Waals surface area contributed by atoms with Gasteiger partial charge in [-0.15, -0.1) is 0 Å². The Morgan fingerprint density at radius 1 is 1.17 bits per heavy atom. The Hall–Kier alpha value is -3.77. The molecule has 1 aliphatic heterocycles. The lowest BCUT2D eigenvalue weighted by Crippen LogP contribution is -2.54. The van der Waals surface area contributed by atoms with Gasteiger partial charge in [-0.2, -0.15) is 5.26 Å². The fraction of sp³-hybridized carbons (Fsp3) is 0.143. The largest absolute Gasteiger partial charge is 0.490 e. The minimum atomic E-state index is -0.647.